The first-order chi connectivity index (χ1) is 10.2. The second-order valence-corrected chi connectivity index (χ2v) is 5.88. The fourth-order valence-electron chi connectivity index (χ4n) is 3.37. The summed E-state index contributed by atoms with van der Waals surface area (Å²) < 4.78 is 19.3. The second kappa shape index (κ2) is 7.76. The van der Waals surface area contributed by atoms with Crippen molar-refractivity contribution in [2.75, 3.05) is 33.3 Å². The van der Waals surface area contributed by atoms with E-state index in [9.17, 15) is 4.39 Å². The van der Waals surface area contributed by atoms with Gasteiger partial charge in [-0.1, -0.05) is 20.3 Å². The number of methoxy groups -OCH3 is 1. The first kappa shape index (κ1) is 16.2. The number of rotatable bonds is 6. The highest BCUT2D eigenvalue weighted by atomic mass is 19.1. The van der Waals surface area contributed by atoms with E-state index in [1.54, 1.807) is 19.2 Å². The molecule has 1 saturated heterocycles. The normalized spacial score (nSPS) is 19.2. The largest absolute Gasteiger partial charge is 0.496 e. The second-order valence-electron chi connectivity index (χ2n) is 5.88. The molecule has 0 amide bonds. The lowest BCUT2D eigenvalue weighted by Gasteiger charge is -2.39. The van der Waals surface area contributed by atoms with Crippen molar-refractivity contribution in [3.63, 3.8) is 0 Å². The molecule has 1 aliphatic heterocycles. The Bertz CT molecular complexity index is 446. The number of ether oxygens (including phenoxy) is 1. The number of hydrogen-bond acceptors (Lipinski definition) is 3. The smallest absolute Gasteiger partial charge is 0.123 e. The molecule has 2 atom stereocenters. The SMILES string of the molecule is CCCC(C)[C@@H](c1cc(F)ccc1OC)N1CCNCC1. The maximum atomic E-state index is 13.8. The van der Waals surface area contributed by atoms with Gasteiger partial charge in [-0.15, -0.1) is 0 Å². The summed E-state index contributed by atoms with van der Waals surface area (Å²) in [5, 5.41) is 3.38. The molecule has 2 rings (SSSR count). The quantitative estimate of drug-likeness (QED) is 0.872. The zero-order valence-corrected chi connectivity index (χ0v) is 13.4. The number of hydrogen-bond donors (Lipinski definition) is 1. The van der Waals surface area contributed by atoms with Crippen molar-refractivity contribution in [1.29, 1.82) is 0 Å². The van der Waals surface area contributed by atoms with Crippen LogP contribution in [0.3, 0.4) is 0 Å². The van der Waals surface area contributed by atoms with E-state index in [1.807, 2.05) is 0 Å². The summed E-state index contributed by atoms with van der Waals surface area (Å²) in [7, 11) is 1.66. The summed E-state index contributed by atoms with van der Waals surface area (Å²) in [6.07, 6.45) is 2.27. The van der Waals surface area contributed by atoms with Crippen LogP contribution in [0.15, 0.2) is 18.2 Å². The predicted molar refractivity (Wildman–Crippen MR) is 84.2 cm³/mol. The lowest BCUT2D eigenvalue weighted by molar-refractivity contribution is 0.123. The number of nitrogens with zero attached hydrogens (tertiary/aromatic N) is 1. The highest BCUT2D eigenvalue weighted by molar-refractivity contribution is 5.37. The van der Waals surface area contributed by atoms with E-state index in [0.717, 1.165) is 50.3 Å². The zero-order chi connectivity index (χ0) is 15.2. The molecule has 0 aliphatic carbocycles. The van der Waals surface area contributed by atoms with Crippen molar-refractivity contribution in [3.05, 3.63) is 29.6 Å². The van der Waals surface area contributed by atoms with E-state index in [-0.39, 0.29) is 11.9 Å². The minimum Gasteiger partial charge on any atom is -0.496 e. The van der Waals surface area contributed by atoms with E-state index in [2.05, 4.69) is 24.1 Å². The van der Waals surface area contributed by atoms with E-state index in [1.165, 1.54) is 6.07 Å². The van der Waals surface area contributed by atoms with Gasteiger partial charge < -0.3 is 10.1 Å². The average molecular weight is 294 g/mol. The first-order valence-electron chi connectivity index (χ1n) is 7.95. The van der Waals surface area contributed by atoms with Crippen molar-refractivity contribution in [1.82, 2.24) is 10.2 Å². The van der Waals surface area contributed by atoms with Crippen LogP contribution in [0.4, 0.5) is 4.39 Å². The molecule has 3 nitrogen and oxygen atoms in total. The molecule has 21 heavy (non-hydrogen) atoms. The van der Waals surface area contributed by atoms with Crippen molar-refractivity contribution in [3.8, 4) is 5.75 Å². The molecule has 1 aromatic rings. The van der Waals surface area contributed by atoms with Crippen LogP contribution in [0, 0.1) is 11.7 Å². The molecule has 1 N–H and O–H groups in total. The molecule has 1 aliphatic rings. The van der Waals surface area contributed by atoms with Crippen LogP contribution in [0.5, 0.6) is 5.75 Å². The van der Waals surface area contributed by atoms with Gasteiger partial charge in [0.15, 0.2) is 0 Å². The third kappa shape index (κ3) is 3.95. The van der Waals surface area contributed by atoms with Gasteiger partial charge in [-0.3, -0.25) is 4.90 Å². The fourth-order valence-corrected chi connectivity index (χ4v) is 3.37. The van der Waals surface area contributed by atoms with E-state index >= 15 is 0 Å². The molecule has 118 valence electrons. The number of piperazine rings is 1. The Labute approximate surface area is 127 Å². The summed E-state index contributed by atoms with van der Waals surface area (Å²) in [5.41, 5.74) is 0.986. The van der Waals surface area contributed by atoms with Crippen molar-refractivity contribution in [2.45, 2.75) is 32.7 Å². The third-order valence-electron chi connectivity index (χ3n) is 4.34. The van der Waals surface area contributed by atoms with Crippen molar-refractivity contribution >= 4 is 0 Å². The molecular weight excluding hydrogens is 267 g/mol. The molecule has 0 bridgehead atoms. The van der Waals surface area contributed by atoms with E-state index in [0.29, 0.717) is 5.92 Å². The maximum Gasteiger partial charge on any atom is 0.123 e. The Balaban J connectivity index is 2.35. The molecule has 4 heteroatoms. The lowest BCUT2D eigenvalue weighted by atomic mass is 9.88. The van der Waals surface area contributed by atoms with Gasteiger partial charge in [-0.05, 0) is 30.5 Å². The monoisotopic (exact) mass is 294 g/mol. The van der Waals surface area contributed by atoms with Crippen molar-refractivity contribution in [2.24, 2.45) is 5.92 Å². The summed E-state index contributed by atoms with van der Waals surface area (Å²) in [4.78, 5) is 2.47. The maximum absolute atomic E-state index is 13.8. The fraction of sp³-hybridized carbons (Fsp3) is 0.647. The third-order valence-corrected chi connectivity index (χ3v) is 4.34. The summed E-state index contributed by atoms with van der Waals surface area (Å²) in [5.74, 6) is 1.08. The summed E-state index contributed by atoms with van der Waals surface area (Å²) in [6, 6.07) is 5.09. The van der Waals surface area contributed by atoms with Gasteiger partial charge in [0.2, 0.25) is 0 Å². The number of benzene rings is 1. The zero-order valence-electron chi connectivity index (χ0n) is 13.4. The van der Waals surface area contributed by atoms with Crippen molar-refractivity contribution < 1.29 is 9.13 Å². The van der Waals surface area contributed by atoms with Gasteiger partial charge in [0.1, 0.15) is 11.6 Å². The molecule has 0 aromatic heterocycles. The topological polar surface area (TPSA) is 24.5 Å². The minimum atomic E-state index is -0.186. The molecular formula is C17H27FN2O. The van der Waals surface area contributed by atoms with Gasteiger partial charge in [-0.2, -0.15) is 0 Å². The Morgan fingerprint density at radius 1 is 1.33 bits per heavy atom. The standard InChI is InChI=1S/C17H27FN2O/c1-4-5-13(2)17(20-10-8-19-9-11-20)15-12-14(18)6-7-16(15)21-3/h6-7,12-13,17,19H,4-5,8-11H2,1-3H3/t13?,17-/m0/s1. The molecule has 1 fully saturated rings. The highest BCUT2D eigenvalue weighted by Gasteiger charge is 2.29. The van der Waals surface area contributed by atoms with Crippen LogP contribution in [0.2, 0.25) is 0 Å². The molecule has 0 saturated carbocycles. The molecule has 0 radical (unpaired) electrons. The van der Waals surface area contributed by atoms with Crippen LogP contribution in [0.1, 0.15) is 38.3 Å². The summed E-state index contributed by atoms with van der Waals surface area (Å²) in [6.45, 7) is 8.45. The van der Waals surface area contributed by atoms with Gasteiger partial charge in [-0.25, -0.2) is 4.39 Å². The molecule has 1 heterocycles. The Hall–Kier alpha value is -1.13. The average Bonchev–Trinajstić information content (AvgIpc) is 2.49. The van der Waals surface area contributed by atoms with Crippen LogP contribution in [0.25, 0.3) is 0 Å². The van der Waals surface area contributed by atoms with Crippen LogP contribution >= 0.6 is 0 Å². The van der Waals surface area contributed by atoms with Gasteiger partial charge >= 0.3 is 0 Å². The number of nitrogens with one attached hydrogen (secondary N) is 1. The Kier molecular flexibility index (Phi) is 6.00. The molecule has 1 aromatic carbocycles. The molecule has 1 unspecified atom stereocenters. The van der Waals surface area contributed by atoms with E-state index < -0.39 is 0 Å². The number of halogens is 1. The van der Waals surface area contributed by atoms with Crippen LogP contribution in [-0.4, -0.2) is 38.2 Å². The first-order valence-corrected chi connectivity index (χ1v) is 7.95. The van der Waals surface area contributed by atoms with Crippen LogP contribution in [-0.2, 0) is 0 Å². The predicted octanol–water partition coefficient (Wildman–Crippen LogP) is 3.22. The summed E-state index contributed by atoms with van der Waals surface area (Å²) >= 11 is 0. The van der Waals surface area contributed by atoms with E-state index in [4.69, 9.17) is 4.74 Å². The lowest BCUT2D eigenvalue weighted by Crippen LogP contribution is -2.46. The Morgan fingerprint density at radius 2 is 2.05 bits per heavy atom. The van der Waals surface area contributed by atoms with Gasteiger partial charge in [0.05, 0.1) is 7.11 Å². The highest BCUT2D eigenvalue weighted by Crippen LogP contribution is 2.37. The van der Waals surface area contributed by atoms with Gasteiger partial charge in [0, 0.05) is 37.8 Å². The minimum absolute atomic E-state index is 0.186. The van der Waals surface area contributed by atoms with Gasteiger partial charge in [0.25, 0.3) is 0 Å². The molecule has 0 spiro atoms. The van der Waals surface area contributed by atoms with Crippen LogP contribution < -0.4 is 10.1 Å². The Morgan fingerprint density at radius 3 is 2.67 bits per heavy atom.